The summed E-state index contributed by atoms with van der Waals surface area (Å²) < 4.78 is 12.9. The Morgan fingerprint density at radius 3 is 2.27 bits per heavy atom. The molecular formula is C30H31N3O4. The molecule has 0 spiro atoms. The van der Waals surface area contributed by atoms with Crippen LogP contribution < -0.4 is 14.8 Å². The van der Waals surface area contributed by atoms with Gasteiger partial charge >= 0.3 is 0 Å². The summed E-state index contributed by atoms with van der Waals surface area (Å²) in [5.74, 6) is 1.44. The van der Waals surface area contributed by atoms with Crippen LogP contribution in [0.4, 0.5) is 0 Å². The number of aromatic nitrogens is 2. The van der Waals surface area contributed by atoms with E-state index in [2.05, 4.69) is 10.4 Å². The number of benzene rings is 3. The highest BCUT2D eigenvalue weighted by molar-refractivity contribution is 5.97. The van der Waals surface area contributed by atoms with Crippen molar-refractivity contribution in [3.63, 3.8) is 0 Å². The number of amides is 1. The Bertz CT molecular complexity index is 1390. The van der Waals surface area contributed by atoms with Crippen LogP contribution in [0, 0.1) is 13.8 Å². The van der Waals surface area contributed by atoms with Crippen molar-refractivity contribution in [3.8, 4) is 11.5 Å². The summed E-state index contributed by atoms with van der Waals surface area (Å²) in [4.78, 5) is 25.0. The fourth-order valence-corrected chi connectivity index (χ4v) is 4.16. The first-order chi connectivity index (χ1) is 17.9. The molecule has 7 nitrogen and oxygen atoms in total. The Labute approximate surface area is 217 Å². The fraction of sp³-hybridized carbons (Fsp3) is 0.233. The van der Waals surface area contributed by atoms with Gasteiger partial charge in [0.05, 0.1) is 19.3 Å². The van der Waals surface area contributed by atoms with Crippen LogP contribution in [-0.2, 0) is 19.6 Å². The smallest absolute Gasteiger partial charge is 0.251 e. The van der Waals surface area contributed by atoms with E-state index in [0.29, 0.717) is 24.3 Å². The molecule has 0 unspecified atom stereocenters. The van der Waals surface area contributed by atoms with Crippen LogP contribution in [0.2, 0.25) is 0 Å². The largest absolute Gasteiger partial charge is 0.497 e. The van der Waals surface area contributed by atoms with Crippen LogP contribution >= 0.6 is 0 Å². The number of ether oxygens (including phenoxy) is 2. The molecule has 190 valence electrons. The number of Topliss-reactive ketones (excluding diaryl/α,β-unsaturated/α-hetero) is 1. The second kappa shape index (κ2) is 11.6. The molecule has 4 aromatic rings. The minimum absolute atomic E-state index is 0.0370. The van der Waals surface area contributed by atoms with E-state index in [1.54, 1.807) is 20.2 Å². The number of carbonyl (C=O) groups is 2. The van der Waals surface area contributed by atoms with Gasteiger partial charge in [0, 0.05) is 35.9 Å². The highest BCUT2D eigenvalue weighted by Crippen LogP contribution is 2.20. The number of rotatable bonds is 10. The van der Waals surface area contributed by atoms with E-state index >= 15 is 0 Å². The lowest BCUT2D eigenvalue weighted by molar-refractivity contribution is 0.0961. The van der Waals surface area contributed by atoms with Gasteiger partial charge in [0.25, 0.3) is 5.91 Å². The SMILES string of the molecule is CNC(=O)c1cccc(Cn2nc(C)c(CC(=O)c3ccc(COc4ccc(OC)cc4)cc3)c2C)c1. The van der Waals surface area contributed by atoms with Crippen LogP contribution in [0.3, 0.4) is 0 Å². The highest BCUT2D eigenvalue weighted by atomic mass is 16.5. The maximum Gasteiger partial charge on any atom is 0.251 e. The summed E-state index contributed by atoms with van der Waals surface area (Å²) in [5.41, 5.74) is 5.91. The van der Waals surface area contributed by atoms with Gasteiger partial charge < -0.3 is 14.8 Å². The number of carbonyl (C=O) groups excluding carboxylic acids is 2. The van der Waals surface area contributed by atoms with Crippen molar-refractivity contribution < 1.29 is 19.1 Å². The van der Waals surface area contributed by atoms with Crippen LogP contribution in [0.5, 0.6) is 11.5 Å². The van der Waals surface area contributed by atoms with E-state index in [4.69, 9.17) is 9.47 Å². The van der Waals surface area contributed by atoms with Gasteiger partial charge in [-0.3, -0.25) is 14.3 Å². The van der Waals surface area contributed by atoms with Crippen molar-refractivity contribution in [1.82, 2.24) is 15.1 Å². The lowest BCUT2D eigenvalue weighted by Gasteiger charge is -2.09. The van der Waals surface area contributed by atoms with Gasteiger partial charge in [-0.25, -0.2) is 0 Å². The molecular weight excluding hydrogens is 466 g/mol. The second-order valence-corrected chi connectivity index (χ2v) is 8.85. The molecule has 0 aliphatic heterocycles. The molecule has 7 heteroatoms. The van der Waals surface area contributed by atoms with Crippen molar-refractivity contribution in [3.05, 3.63) is 112 Å². The molecule has 0 radical (unpaired) electrons. The number of nitrogens with zero attached hydrogens (tertiary/aromatic N) is 2. The Morgan fingerprint density at radius 2 is 1.59 bits per heavy atom. The Kier molecular flexibility index (Phi) is 8.03. The normalized spacial score (nSPS) is 10.7. The fourth-order valence-electron chi connectivity index (χ4n) is 4.16. The number of aryl methyl sites for hydroxylation is 1. The lowest BCUT2D eigenvalue weighted by atomic mass is 10.0. The average molecular weight is 498 g/mol. The zero-order valence-electron chi connectivity index (χ0n) is 21.6. The maximum absolute atomic E-state index is 13.1. The van der Waals surface area contributed by atoms with Gasteiger partial charge in [-0.15, -0.1) is 0 Å². The summed E-state index contributed by atoms with van der Waals surface area (Å²) >= 11 is 0. The van der Waals surface area contributed by atoms with Crippen molar-refractivity contribution in [2.45, 2.75) is 33.4 Å². The van der Waals surface area contributed by atoms with E-state index in [1.807, 2.05) is 85.3 Å². The van der Waals surface area contributed by atoms with Crippen molar-refractivity contribution >= 4 is 11.7 Å². The number of ketones is 1. The van der Waals surface area contributed by atoms with Gasteiger partial charge in [0.2, 0.25) is 0 Å². The van der Waals surface area contributed by atoms with Crippen LogP contribution in [0.25, 0.3) is 0 Å². The Balaban J connectivity index is 1.39. The zero-order valence-corrected chi connectivity index (χ0v) is 21.6. The number of nitrogens with one attached hydrogen (secondary N) is 1. The Morgan fingerprint density at radius 1 is 0.892 bits per heavy atom. The number of hydrogen-bond donors (Lipinski definition) is 1. The molecule has 0 bridgehead atoms. The van der Waals surface area contributed by atoms with Gasteiger partial charge in [-0.2, -0.15) is 5.10 Å². The molecule has 0 atom stereocenters. The first-order valence-electron chi connectivity index (χ1n) is 12.1. The van der Waals surface area contributed by atoms with Crippen molar-refractivity contribution in [2.24, 2.45) is 0 Å². The van der Waals surface area contributed by atoms with Gasteiger partial charge in [-0.1, -0.05) is 36.4 Å². The second-order valence-electron chi connectivity index (χ2n) is 8.85. The Hall–Kier alpha value is -4.39. The topological polar surface area (TPSA) is 82.5 Å². The molecule has 1 heterocycles. The third-order valence-electron chi connectivity index (χ3n) is 6.36. The molecule has 0 saturated carbocycles. The van der Waals surface area contributed by atoms with Crippen LogP contribution in [0.1, 0.15) is 48.8 Å². The third-order valence-corrected chi connectivity index (χ3v) is 6.36. The summed E-state index contributed by atoms with van der Waals surface area (Å²) in [6.07, 6.45) is 0.275. The van der Waals surface area contributed by atoms with Gasteiger partial charge in [0.1, 0.15) is 18.1 Å². The molecule has 37 heavy (non-hydrogen) atoms. The highest BCUT2D eigenvalue weighted by Gasteiger charge is 2.17. The molecule has 1 amide bonds. The van der Waals surface area contributed by atoms with E-state index < -0.39 is 0 Å². The van der Waals surface area contributed by atoms with E-state index in [1.165, 1.54) is 0 Å². The molecule has 0 aliphatic rings. The maximum atomic E-state index is 13.1. The monoisotopic (exact) mass is 497 g/mol. The molecule has 0 saturated heterocycles. The van der Waals surface area contributed by atoms with Gasteiger partial charge in [-0.05, 0) is 61.4 Å². The van der Waals surface area contributed by atoms with Crippen LogP contribution in [-0.4, -0.2) is 35.6 Å². The van der Waals surface area contributed by atoms with Crippen LogP contribution in [0.15, 0.2) is 72.8 Å². The minimum Gasteiger partial charge on any atom is -0.497 e. The average Bonchev–Trinajstić information content (AvgIpc) is 3.19. The molecule has 3 aromatic carbocycles. The van der Waals surface area contributed by atoms with E-state index in [0.717, 1.165) is 39.6 Å². The quantitative estimate of drug-likeness (QED) is 0.315. The summed E-state index contributed by atoms with van der Waals surface area (Å²) in [5, 5.41) is 7.31. The first kappa shape index (κ1) is 25.7. The standard InChI is InChI=1S/C30H31N3O4/c1-20-28(21(2)33(32-20)18-23-6-5-7-25(16-23)30(35)31-3)17-29(34)24-10-8-22(9-11-24)19-37-27-14-12-26(36-4)13-15-27/h5-16H,17-19H2,1-4H3,(H,31,35). The minimum atomic E-state index is -0.125. The number of hydrogen-bond acceptors (Lipinski definition) is 5. The van der Waals surface area contributed by atoms with Crippen molar-refractivity contribution in [1.29, 1.82) is 0 Å². The van der Waals surface area contributed by atoms with Gasteiger partial charge in [0.15, 0.2) is 5.78 Å². The molecule has 0 fully saturated rings. The summed E-state index contributed by atoms with van der Waals surface area (Å²) in [6.45, 7) is 4.83. The predicted molar refractivity (Wildman–Crippen MR) is 142 cm³/mol. The van der Waals surface area contributed by atoms with E-state index in [9.17, 15) is 9.59 Å². The van der Waals surface area contributed by atoms with Crippen molar-refractivity contribution in [2.75, 3.05) is 14.2 Å². The third kappa shape index (κ3) is 6.25. The zero-order chi connectivity index (χ0) is 26.4. The molecule has 1 aromatic heterocycles. The molecule has 1 N–H and O–H groups in total. The number of methoxy groups -OCH3 is 1. The predicted octanol–water partition coefficient (Wildman–Crippen LogP) is 4.92. The first-order valence-corrected chi connectivity index (χ1v) is 12.1. The lowest BCUT2D eigenvalue weighted by Crippen LogP contribution is -2.18. The summed E-state index contributed by atoms with van der Waals surface area (Å²) in [6, 6.07) is 22.4. The summed E-state index contributed by atoms with van der Waals surface area (Å²) in [7, 11) is 3.24. The van der Waals surface area contributed by atoms with E-state index in [-0.39, 0.29) is 18.1 Å². The molecule has 4 rings (SSSR count). The molecule has 0 aliphatic carbocycles.